The van der Waals surface area contributed by atoms with Crippen LogP contribution in [0.2, 0.25) is 0 Å². The molecule has 262 valence electrons. The number of hydrogen-bond donors (Lipinski definition) is 1. The number of fused-ring (bicyclic) bond motifs is 6. The van der Waals surface area contributed by atoms with Gasteiger partial charge in [-0.25, -0.2) is 0 Å². The summed E-state index contributed by atoms with van der Waals surface area (Å²) in [6.07, 6.45) is 17.0. The maximum absolute atomic E-state index is 4.04. The van der Waals surface area contributed by atoms with Crippen LogP contribution in [0.25, 0.3) is 25.7 Å². The van der Waals surface area contributed by atoms with Crippen LogP contribution in [0.3, 0.4) is 0 Å². The molecule has 1 N–H and O–H groups in total. The quantitative estimate of drug-likeness (QED) is 0.192. The molecule has 2 atom stereocenters. The third-order valence-electron chi connectivity index (χ3n) is 12.0. The van der Waals surface area contributed by atoms with Gasteiger partial charge in [-0.3, -0.25) is 0 Å². The highest BCUT2D eigenvalue weighted by molar-refractivity contribution is 7.26. The van der Waals surface area contributed by atoms with Gasteiger partial charge < -0.3 is 15.1 Å². The molecule has 5 aromatic carbocycles. The number of thiophene rings is 1. The lowest BCUT2D eigenvalue weighted by Gasteiger charge is -2.38. The molecule has 53 heavy (non-hydrogen) atoms. The zero-order chi connectivity index (χ0) is 35.8. The van der Waals surface area contributed by atoms with E-state index >= 15 is 0 Å². The predicted octanol–water partition coefficient (Wildman–Crippen LogP) is 13.7. The molecule has 4 heteroatoms. The van der Waals surface area contributed by atoms with Crippen LogP contribution in [-0.4, -0.2) is 6.54 Å². The van der Waals surface area contributed by atoms with Crippen molar-refractivity contribution in [1.82, 2.24) is 0 Å². The number of hydrogen-bond acceptors (Lipinski definition) is 4. The standard InChI is InChI=1S/C49H45N3S/c1-31-12-10-14-34(26-31)46-47-42(30-40-39-18-8-9-19-45(39)53-48(40)46)49(3,4)41-29-38(20-22-43(41)50-47)52(35-15-6-5-7-16-35)37-21-23-44-33(28-37)24-25-51(44)36-17-11-13-32(2)27-36/h5-23,28-32,50H,24-27H2,1-4H3/t31-,32?/m1/s1. The number of allylic oxidation sites excluding steroid dienone is 8. The molecule has 1 unspecified atom stereocenters. The van der Waals surface area contributed by atoms with Crippen LogP contribution in [0, 0.1) is 11.8 Å². The third-order valence-corrected chi connectivity index (χ3v) is 13.2. The van der Waals surface area contributed by atoms with E-state index in [1.54, 1.807) is 0 Å². The lowest BCUT2D eigenvalue weighted by molar-refractivity contribution is 0.639. The number of para-hydroxylation sites is 1. The molecule has 3 heterocycles. The van der Waals surface area contributed by atoms with Gasteiger partial charge in [-0.15, -0.1) is 11.3 Å². The molecule has 1 aromatic heterocycles. The van der Waals surface area contributed by atoms with Crippen LogP contribution >= 0.6 is 11.3 Å². The lowest BCUT2D eigenvalue weighted by Crippen LogP contribution is -2.27. The monoisotopic (exact) mass is 707 g/mol. The van der Waals surface area contributed by atoms with Crippen molar-refractivity contribution in [3.63, 3.8) is 0 Å². The molecule has 0 saturated heterocycles. The fraction of sp³-hybridized carbons (Fsp3) is 0.224. The Bertz CT molecular complexity index is 2560. The molecule has 0 bridgehead atoms. The number of benzene rings is 5. The summed E-state index contributed by atoms with van der Waals surface area (Å²) in [6.45, 7) is 10.5. The fourth-order valence-electron chi connectivity index (χ4n) is 9.27. The normalized spacial score (nSPS) is 19.7. The molecular formula is C49H45N3S. The molecule has 0 saturated carbocycles. The molecule has 4 aliphatic rings. The first kappa shape index (κ1) is 32.3. The molecule has 2 aliphatic carbocycles. The molecule has 3 nitrogen and oxygen atoms in total. The Hall–Kier alpha value is -5.32. The van der Waals surface area contributed by atoms with Crippen molar-refractivity contribution < 1.29 is 0 Å². The van der Waals surface area contributed by atoms with Crippen molar-refractivity contribution in [2.75, 3.05) is 21.7 Å². The van der Waals surface area contributed by atoms with E-state index in [0.29, 0.717) is 11.8 Å². The summed E-state index contributed by atoms with van der Waals surface area (Å²) >= 11 is 1.93. The summed E-state index contributed by atoms with van der Waals surface area (Å²) in [5.74, 6) is 1.09. The number of nitrogens with zero attached hydrogens (tertiary/aromatic N) is 2. The van der Waals surface area contributed by atoms with Gasteiger partial charge in [0.1, 0.15) is 0 Å². The van der Waals surface area contributed by atoms with Gasteiger partial charge >= 0.3 is 0 Å². The smallest absolute Gasteiger partial charge is 0.0517 e. The topological polar surface area (TPSA) is 18.5 Å². The summed E-state index contributed by atoms with van der Waals surface area (Å²) in [5, 5.41) is 6.76. The second-order valence-electron chi connectivity index (χ2n) is 16.0. The molecule has 0 radical (unpaired) electrons. The van der Waals surface area contributed by atoms with Crippen molar-refractivity contribution in [3.8, 4) is 0 Å². The average Bonchev–Trinajstić information content (AvgIpc) is 3.76. The summed E-state index contributed by atoms with van der Waals surface area (Å²) in [5.41, 5.74) is 15.4. The Balaban J connectivity index is 1.10. The zero-order valence-electron chi connectivity index (χ0n) is 31.0. The van der Waals surface area contributed by atoms with Crippen LogP contribution in [0.1, 0.15) is 62.8 Å². The summed E-state index contributed by atoms with van der Waals surface area (Å²) in [4.78, 5) is 4.99. The maximum atomic E-state index is 4.04. The maximum Gasteiger partial charge on any atom is 0.0517 e. The van der Waals surface area contributed by atoms with Gasteiger partial charge in [-0.2, -0.15) is 0 Å². The van der Waals surface area contributed by atoms with Gasteiger partial charge in [0.05, 0.1) is 5.69 Å². The highest BCUT2D eigenvalue weighted by Gasteiger charge is 2.37. The lowest BCUT2D eigenvalue weighted by atomic mass is 9.72. The second-order valence-corrected chi connectivity index (χ2v) is 17.0. The van der Waals surface area contributed by atoms with E-state index < -0.39 is 0 Å². The Morgan fingerprint density at radius 1 is 0.736 bits per heavy atom. The van der Waals surface area contributed by atoms with Gasteiger partial charge in [0.2, 0.25) is 0 Å². The average molecular weight is 708 g/mol. The highest BCUT2D eigenvalue weighted by Crippen LogP contribution is 2.54. The summed E-state index contributed by atoms with van der Waals surface area (Å²) in [6, 6.07) is 36.5. The minimum atomic E-state index is -0.241. The summed E-state index contributed by atoms with van der Waals surface area (Å²) in [7, 11) is 0. The van der Waals surface area contributed by atoms with E-state index in [2.05, 4.69) is 176 Å². The first-order chi connectivity index (χ1) is 25.8. The van der Waals surface area contributed by atoms with Crippen molar-refractivity contribution in [2.45, 2.75) is 52.4 Å². The van der Waals surface area contributed by atoms with Gasteiger partial charge in [0, 0.05) is 71.8 Å². The van der Waals surface area contributed by atoms with Gasteiger partial charge in [0.25, 0.3) is 0 Å². The van der Waals surface area contributed by atoms with Crippen molar-refractivity contribution in [2.24, 2.45) is 11.8 Å². The van der Waals surface area contributed by atoms with E-state index in [4.69, 9.17) is 0 Å². The number of nitrogens with one attached hydrogen (secondary N) is 1. The molecule has 0 amide bonds. The Morgan fingerprint density at radius 2 is 1.49 bits per heavy atom. The van der Waals surface area contributed by atoms with Gasteiger partial charge in [0.15, 0.2) is 0 Å². The van der Waals surface area contributed by atoms with Gasteiger partial charge in [-0.1, -0.05) is 94.5 Å². The van der Waals surface area contributed by atoms with E-state index in [1.165, 1.54) is 87.8 Å². The number of anilines is 6. The van der Waals surface area contributed by atoms with E-state index in [-0.39, 0.29) is 5.41 Å². The Kier molecular flexibility index (Phi) is 7.56. The van der Waals surface area contributed by atoms with E-state index in [1.807, 2.05) is 11.3 Å². The Morgan fingerprint density at radius 3 is 2.32 bits per heavy atom. The SMILES string of the molecule is CC1C=CC=C(N2CCc3cc(N(c4ccccc4)c4ccc5c(c4)C(C)(C)c4cc6c(sc7ccccc76)c(C6=CC=C[C@@H](C)C6)c4N5)ccc32)C1. The largest absolute Gasteiger partial charge is 0.354 e. The Labute approximate surface area is 317 Å². The third kappa shape index (κ3) is 5.29. The van der Waals surface area contributed by atoms with E-state index in [0.717, 1.165) is 25.8 Å². The first-order valence-electron chi connectivity index (χ1n) is 19.2. The molecule has 0 fully saturated rings. The minimum absolute atomic E-state index is 0.241. The zero-order valence-corrected chi connectivity index (χ0v) is 31.8. The minimum Gasteiger partial charge on any atom is -0.354 e. The van der Waals surface area contributed by atoms with Crippen molar-refractivity contribution in [1.29, 1.82) is 0 Å². The van der Waals surface area contributed by atoms with Crippen LogP contribution in [0.4, 0.5) is 34.1 Å². The summed E-state index contributed by atoms with van der Waals surface area (Å²) < 4.78 is 2.74. The fourth-order valence-corrected chi connectivity index (χ4v) is 10.5. The predicted molar refractivity (Wildman–Crippen MR) is 229 cm³/mol. The van der Waals surface area contributed by atoms with Crippen LogP contribution in [0.15, 0.2) is 139 Å². The van der Waals surface area contributed by atoms with Crippen molar-refractivity contribution in [3.05, 3.63) is 161 Å². The molecule has 2 aliphatic heterocycles. The van der Waals surface area contributed by atoms with Crippen molar-refractivity contribution >= 4 is 71.2 Å². The molecule has 10 rings (SSSR count). The molecule has 6 aromatic rings. The number of rotatable bonds is 5. The van der Waals surface area contributed by atoms with Gasteiger partial charge in [-0.05, 0) is 120 Å². The van der Waals surface area contributed by atoms with Crippen LogP contribution < -0.4 is 15.1 Å². The van der Waals surface area contributed by atoms with Crippen LogP contribution in [-0.2, 0) is 11.8 Å². The molecule has 0 spiro atoms. The van der Waals surface area contributed by atoms with Crippen LogP contribution in [0.5, 0.6) is 0 Å². The second kappa shape index (κ2) is 12.4. The highest BCUT2D eigenvalue weighted by atomic mass is 32.1. The van der Waals surface area contributed by atoms with E-state index in [9.17, 15) is 0 Å². The first-order valence-corrected chi connectivity index (χ1v) is 20.1. The molecular weight excluding hydrogens is 663 g/mol.